The van der Waals surface area contributed by atoms with Gasteiger partial charge in [-0.2, -0.15) is 11.8 Å². The lowest BCUT2D eigenvalue weighted by molar-refractivity contribution is -0.0256. The van der Waals surface area contributed by atoms with E-state index in [-0.39, 0.29) is 16.8 Å². The van der Waals surface area contributed by atoms with E-state index < -0.39 is 6.10 Å². The van der Waals surface area contributed by atoms with Gasteiger partial charge in [-0.15, -0.1) is 0 Å². The highest BCUT2D eigenvalue weighted by Crippen LogP contribution is 2.49. The highest BCUT2D eigenvalue weighted by atomic mass is 32.2. The van der Waals surface area contributed by atoms with E-state index in [1.165, 1.54) is 12.1 Å². The minimum Gasteiger partial charge on any atom is -0.486 e. The third kappa shape index (κ3) is 2.48. The molecule has 2 aliphatic heterocycles. The van der Waals surface area contributed by atoms with Gasteiger partial charge in [0.15, 0.2) is 0 Å². The molecule has 1 N–H and O–H groups in total. The largest absolute Gasteiger partial charge is 0.486 e. The molecule has 0 amide bonds. The normalized spacial score (nSPS) is 32.7. The van der Waals surface area contributed by atoms with Crippen LogP contribution in [0.3, 0.4) is 0 Å². The number of rotatable bonds is 0. The van der Waals surface area contributed by atoms with Crippen molar-refractivity contribution in [3.05, 3.63) is 29.6 Å². The molecule has 1 fully saturated rings. The van der Waals surface area contributed by atoms with Crippen LogP contribution < -0.4 is 4.74 Å². The Morgan fingerprint density at radius 3 is 2.89 bits per heavy atom. The molecule has 3 rings (SSSR count). The van der Waals surface area contributed by atoms with Crippen molar-refractivity contribution in [1.29, 1.82) is 0 Å². The van der Waals surface area contributed by atoms with Crippen LogP contribution in [0.2, 0.25) is 0 Å². The summed E-state index contributed by atoms with van der Waals surface area (Å²) in [7, 11) is 0. The monoisotopic (exact) mass is 282 g/mol. The van der Waals surface area contributed by atoms with E-state index in [0.717, 1.165) is 17.9 Å². The molecule has 0 aromatic heterocycles. The number of hydrogen-bond donors (Lipinski definition) is 1. The summed E-state index contributed by atoms with van der Waals surface area (Å²) in [5, 5.41) is 10.3. The van der Waals surface area contributed by atoms with Crippen LogP contribution in [-0.4, -0.2) is 22.2 Å². The molecule has 1 spiro atoms. The molecule has 2 heterocycles. The third-order valence-electron chi connectivity index (χ3n) is 3.88. The van der Waals surface area contributed by atoms with Gasteiger partial charge in [0.1, 0.15) is 17.2 Å². The topological polar surface area (TPSA) is 29.5 Å². The number of benzene rings is 1. The lowest BCUT2D eigenvalue weighted by atomic mass is 9.77. The van der Waals surface area contributed by atoms with E-state index in [9.17, 15) is 9.50 Å². The van der Waals surface area contributed by atoms with Crippen molar-refractivity contribution in [2.45, 2.75) is 38.4 Å². The van der Waals surface area contributed by atoms with E-state index in [2.05, 4.69) is 13.8 Å². The van der Waals surface area contributed by atoms with Crippen molar-refractivity contribution in [3.63, 3.8) is 0 Å². The molecule has 2 nitrogen and oxygen atoms in total. The summed E-state index contributed by atoms with van der Waals surface area (Å²) in [6.45, 7) is 4.47. The van der Waals surface area contributed by atoms with Crippen molar-refractivity contribution >= 4 is 11.8 Å². The van der Waals surface area contributed by atoms with Crippen molar-refractivity contribution in [1.82, 2.24) is 0 Å². The lowest BCUT2D eigenvalue weighted by Crippen LogP contribution is -2.50. The Morgan fingerprint density at radius 1 is 1.37 bits per heavy atom. The van der Waals surface area contributed by atoms with E-state index in [1.807, 2.05) is 11.8 Å². The molecular weight excluding hydrogens is 263 g/mol. The van der Waals surface area contributed by atoms with Crippen LogP contribution in [0.4, 0.5) is 4.39 Å². The Bertz CT molecular complexity index is 503. The maximum Gasteiger partial charge on any atom is 0.126 e. The van der Waals surface area contributed by atoms with Gasteiger partial charge in [0.05, 0.1) is 6.10 Å². The highest BCUT2D eigenvalue weighted by molar-refractivity contribution is 7.99. The zero-order valence-corrected chi connectivity index (χ0v) is 12.1. The van der Waals surface area contributed by atoms with E-state index >= 15 is 0 Å². The van der Waals surface area contributed by atoms with Crippen molar-refractivity contribution in [2.75, 3.05) is 11.5 Å². The van der Waals surface area contributed by atoms with Crippen LogP contribution in [-0.2, 0) is 0 Å². The number of ether oxygens (including phenoxy) is 1. The number of fused-ring (bicyclic) bond motifs is 1. The minimum absolute atomic E-state index is 0.209. The molecule has 0 radical (unpaired) electrons. The first kappa shape index (κ1) is 13.3. The number of halogens is 1. The van der Waals surface area contributed by atoms with Crippen LogP contribution in [0, 0.1) is 11.2 Å². The van der Waals surface area contributed by atoms with Gasteiger partial charge in [0.2, 0.25) is 0 Å². The predicted octanol–water partition coefficient (Wildman–Crippen LogP) is 3.54. The van der Waals surface area contributed by atoms with Gasteiger partial charge < -0.3 is 9.84 Å². The smallest absolute Gasteiger partial charge is 0.126 e. The fourth-order valence-corrected chi connectivity index (χ4v) is 4.70. The van der Waals surface area contributed by atoms with Gasteiger partial charge >= 0.3 is 0 Å². The summed E-state index contributed by atoms with van der Waals surface area (Å²) in [6, 6.07) is 4.42. The Labute approximate surface area is 117 Å². The van der Waals surface area contributed by atoms with Crippen LogP contribution in [0.25, 0.3) is 0 Å². The SMILES string of the molecule is CC1(C)CSCC2(CC(O)c3cc(F)ccc3O2)C1. The van der Waals surface area contributed by atoms with Crippen LogP contribution >= 0.6 is 11.8 Å². The Morgan fingerprint density at radius 2 is 2.16 bits per heavy atom. The summed E-state index contributed by atoms with van der Waals surface area (Å²) in [6.07, 6.45) is 0.856. The van der Waals surface area contributed by atoms with Crippen molar-refractivity contribution in [3.8, 4) is 5.75 Å². The Hall–Kier alpha value is -0.740. The number of hydrogen-bond acceptors (Lipinski definition) is 3. The zero-order chi connectivity index (χ0) is 13.7. The first-order valence-corrected chi connectivity index (χ1v) is 7.79. The Kier molecular flexibility index (Phi) is 3.06. The van der Waals surface area contributed by atoms with Gasteiger partial charge in [0.25, 0.3) is 0 Å². The molecule has 2 aliphatic rings. The van der Waals surface area contributed by atoms with Crippen molar-refractivity contribution in [2.24, 2.45) is 5.41 Å². The molecular formula is C15H19FO2S. The fourth-order valence-electron chi connectivity index (χ4n) is 3.29. The maximum absolute atomic E-state index is 13.3. The summed E-state index contributed by atoms with van der Waals surface area (Å²) in [5.74, 6) is 2.32. The molecule has 0 aliphatic carbocycles. The molecule has 1 aromatic rings. The molecule has 19 heavy (non-hydrogen) atoms. The molecule has 2 unspecified atom stereocenters. The number of aliphatic hydroxyl groups excluding tert-OH is 1. The van der Waals surface area contributed by atoms with Gasteiger partial charge in [-0.05, 0) is 35.8 Å². The summed E-state index contributed by atoms with van der Waals surface area (Å²) in [4.78, 5) is 0. The summed E-state index contributed by atoms with van der Waals surface area (Å²) in [5.41, 5.74) is 0.482. The molecule has 104 valence electrons. The molecule has 1 aromatic carbocycles. The second kappa shape index (κ2) is 4.38. The first-order valence-electron chi connectivity index (χ1n) is 6.64. The average Bonchev–Trinajstić information content (AvgIpc) is 2.29. The van der Waals surface area contributed by atoms with Gasteiger partial charge in [-0.3, -0.25) is 0 Å². The third-order valence-corrected chi connectivity index (χ3v) is 5.60. The fraction of sp³-hybridized carbons (Fsp3) is 0.600. The van der Waals surface area contributed by atoms with E-state index in [1.54, 1.807) is 6.07 Å². The minimum atomic E-state index is -0.631. The average molecular weight is 282 g/mol. The zero-order valence-electron chi connectivity index (χ0n) is 11.3. The lowest BCUT2D eigenvalue weighted by Gasteiger charge is -2.48. The standard InChI is InChI=1S/C15H19FO2S/c1-14(2)7-15(9-19-8-14)6-12(17)11-5-10(16)3-4-13(11)18-15/h3-5,12,17H,6-9H2,1-2H3. The molecule has 4 heteroatoms. The summed E-state index contributed by atoms with van der Waals surface area (Å²) < 4.78 is 19.4. The van der Waals surface area contributed by atoms with Crippen molar-refractivity contribution < 1.29 is 14.2 Å². The summed E-state index contributed by atoms with van der Waals surface area (Å²) >= 11 is 1.88. The molecule has 0 bridgehead atoms. The highest BCUT2D eigenvalue weighted by Gasteiger charge is 2.46. The number of thioether (sulfide) groups is 1. The van der Waals surface area contributed by atoms with Gasteiger partial charge in [0, 0.05) is 17.7 Å². The van der Waals surface area contributed by atoms with Gasteiger partial charge in [-0.25, -0.2) is 4.39 Å². The van der Waals surface area contributed by atoms with Crippen LogP contribution in [0.15, 0.2) is 18.2 Å². The maximum atomic E-state index is 13.3. The molecule has 0 saturated carbocycles. The van der Waals surface area contributed by atoms with Gasteiger partial charge in [-0.1, -0.05) is 13.8 Å². The predicted molar refractivity (Wildman–Crippen MR) is 75.1 cm³/mol. The number of aliphatic hydroxyl groups is 1. The molecule has 2 atom stereocenters. The van der Waals surface area contributed by atoms with E-state index in [4.69, 9.17) is 4.74 Å². The van der Waals surface area contributed by atoms with E-state index in [0.29, 0.717) is 17.7 Å². The second-order valence-electron chi connectivity index (χ2n) is 6.52. The molecule has 1 saturated heterocycles. The quantitative estimate of drug-likeness (QED) is 0.789. The first-order chi connectivity index (χ1) is 8.89. The Balaban J connectivity index is 1.94. The van der Waals surface area contributed by atoms with Crippen LogP contribution in [0.1, 0.15) is 38.4 Å². The second-order valence-corrected chi connectivity index (χ2v) is 7.51. The van der Waals surface area contributed by atoms with Crippen LogP contribution in [0.5, 0.6) is 5.75 Å².